The number of pyridine rings is 1. The fourth-order valence-electron chi connectivity index (χ4n) is 1.78. The van der Waals surface area contributed by atoms with Crippen LogP contribution in [-0.2, 0) is 0 Å². The highest BCUT2D eigenvalue weighted by Gasteiger charge is 2.09. The van der Waals surface area contributed by atoms with Crippen LogP contribution < -0.4 is 0 Å². The van der Waals surface area contributed by atoms with Crippen LogP contribution in [0.1, 0.15) is 0 Å². The predicted molar refractivity (Wildman–Crippen MR) is 76.7 cm³/mol. The van der Waals surface area contributed by atoms with Crippen molar-refractivity contribution in [3.05, 3.63) is 37.8 Å². The average molecular weight is 405 g/mol. The number of benzene rings is 1. The van der Waals surface area contributed by atoms with Crippen molar-refractivity contribution in [2.45, 2.75) is 0 Å². The first-order valence-electron chi connectivity index (χ1n) is 4.57. The van der Waals surface area contributed by atoms with Gasteiger partial charge >= 0.3 is 0 Å². The number of hydrogen-bond donors (Lipinski definition) is 1. The van der Waals surface area contributed by atoms with Crippen LogP contribution in [0.25, 0.3) is 21.9 Å². The summed E-state index contributed by atoms with van der Waals surface area (Å²) in [6, 6.07) is 6.18. The molecule has 3 aromatic rings. The lowest BCUT2D eigenvalue weighted by Crippen LogP contribution is -1.74. The topological polar surface area (TPSA) is 28.7 Å². The molecular formula is C11H5Br3N2. The summed E-state index contributed by atoms with van der Waals surface area (Å²) >= 11 is 10.5. The smallest absolute Gasteiger partial charge is 0.138 e. The molecule has 5 heteroatoms. The van der Waals surface area contributed by atoms with Gasteiger partial charge in [0.2, 0.25) is 0 Å². The van der Waals surface area contributed by atoms with Crippen LogP contribution in [0.4, 0.5) is 0 Å². The summed E-state index contributed by atoms with van der Waals surface area (Å²) in [5.41, 5.74) is 1.97. The zero-order chi connectivity index (χ0) is 11.3. The summed E-state index contributed by atoms with van der Waals surface area (Å²) in [6.07, 6.45) is 1.79. The standard InChI is InChI=1S/C11H5Br3N2/c12-5-1-7-8-2-6(13)4-15-11(8)16-10(7)9(14)3-5/h1-4H,(H,15,16). The zero-order valence-corrected chi connectivity index (χ0v) is 12.6. The van der Waals surface area contributed by atoms with Gasteiger partial charge in [-0.1, -0.05) is 15.9 Å². The first kappa shape index (κ1) is 10.7. The fourth-order valence-corrected chi connectivity index (χ4v) is 3.43. The van der Waals surface area contributed by atoms with Gasteiger partial charge in [0.15, 0.2) is 0 Å². The Labute approximate surface area is 117 Å². The van der Waals surface area contributed by atoms with Gasteiger partial charge in [-0.3, -0.25) is 0 Å². The number of hydrogen-bond acceptors (Lipinski definition) is 1. The van der Waals surface area contributed by atoms with Crippen LogP contribution in [-0.4, -0.2) is 9.97 Å². The Morgan fingerprint density at radius 2 is 1.69 bits per heavy atom. The summed E-state index contributed by atoms with van der Waals surface area (Å²) in [4.78, 5) is 7.65. The minimum absolute atomic E-state index is 0.900. The van der Waals surface area contributed by atoms with Gasteiger partial charge in [0.05, 0.1) is 5.52 Å². The van der Waals surface area contributed by atoms with Crippen LogP contribution in [0.5, 0.6) is 0 Å². The Bertz CT molecular complexity index is 703. The lowest BCUT2D eigenvalue weighted by molar-refractivity contribution is 1.33. The van der Waals surface area contributed by atoms with E-state index in [2.05, 4.69) is 69.9 Å². The van der Waals surface area contributed by atoms with Crippen LogP contribution in [0.2, 0.25) is 0 Å². The highest BCUT2D eigenvalue weighted by Crippen LogP contribution is 2.33. The van der Waals surface area contributed by atoms with Crippen molar-refractivity contribution in [3.63, 3.8) is 0 Å². The van der Waals surface area contributed by atoms with E-state index in [1.54, 1.807) is 6.20 Å². The second-order valence-corrected chi connectivity index (χ2v) is 6.17. The molecule has 0 saturated carbocycles. The zero-order valence-electron chi connectivity index (χ0n) is 7.89. The first-order valence-corrected chi connectivity index (χ1v) is 6.95. The summed E-state index contributed by atoms with van der Waals surface area (Å²) in [5, 5.41) is 2.27. The largest absolute Gasteiger partial charge is 0.338 e. The molecule has 0 amide bonds. The number of aromatic nitrogens is 2. The Morgan fingerprint density at radius 3 is 2.50 bits per heavy atom. The lowest BCUT2D eigenvalue weighted by Gasteiger charge is -1.96. The average Bonchev–Trinajstić information content (AvgIpc) is 2.57. The minimum atomic E-state index is 0.900. The normalized spacial score (nSPS) is 11.4. The Morgan fingerprint density at radius 1 is 0.938 bits per heavy atom. The third kappa shape index (κ3) is 1.61. The Hall–Kier alpha value is -0.390. The van der Waals surface area contributed by atoms with Gasteiger partial charge in [-0.15, -0.1) is 0 Å². The maximum atomic E-state index is 4.35. The highest BCUT2D eigenvalue weighted by molar-refractivity contribution is 9.11. The summed E-state index contributed by atoms with van der Waals surface area (Å²) < 4.78 is 3.07. The van der Waals surface area contributed by atoms with E-state index in [1.165, 1.54) is 0 Å². The van der Waals surface area contributed by atoms with Crippen LogP contribution in [0.3, 0.4) is 0 Å². The number of H-pyrrole nitrogens is 1. The molecule has 3 rings (SSSR count). The molecule has 0 aliphatic carbocycles. The van der Waals surface area contributed by atoms with E-state index in [0.717, 1.165) is 35.4 Å². The van der Waals surface area contributed by atoms with Gasteiger partial charge in [0.25, 0.3) is 0 Å². The van der Waals surface area contributed by atoms with E-state index in [9.17, 15) is 0 Å². The Balaban J connectivity index is 2.57. The van der Waals surface area contributed by atoms with Crippen LogP contribution in [0.15, 0.2) is 37.8 Å². The molecule has 16 heavy (non-hydrogen) atoms. The van der Waals surface area contributed by atoms with Crippen molar-refractivity contribution in [1.82, 2.24) is 9.97 Å². The SMILES string of the molecule is Brc1cnc2[nH]c3c(Br)cc(Br)cc3c2c1. The van der Waals surface area contributed by atoms with Gasteiger partial charge in [0, 0.05) is 30.4 Å². The Kier molecular flexibility index (Phi) is 2.57. The van der Waals surface area contributed by atoms with Crippen molar-refractivity contribution in [3.8, 4) is 0 Å². The molecule has 0 atom stereocenters. The number of rotatable bonds is 0. The molecule has 0 aliphatic heterocycles. The molecule has 0 radical (unpaired) electrons. The number of nitrogens with zero attached hydrogens (tertiary/aromatic N) is 1. The van der Waals surface area contributed by atoms with Crippen molar-refractivity contribution >= 4 is 69.7 Å². The molecule has 0 fully saturated rings. The quantitative estimate of drug-likeness (QED) is 0.561. The molecule has 0 spiro atoms. The number of nitrogens with one attached hydrogen (secondary N) is 1. The number of halogens is 3. The van der Waals surface area contributed by atoms with Gasteiger partial charge < -0.3 is 4.98 Å². The van der Waals surface area contributed by atoms with Gasteiger partial charge in [0.1, 0.15) is 5.65 Å². The highest BCUT2D eigenvalue weighted by atomic mass is 79.9. The van der Waals surface area contributed by atoms with Crippen molar-refractivity contribution in [2.24, 2.45) is 0 Å². The molecule has 1 aromatic carbocycles. The second-order valence-electron chi connectivity index (χ2n) is 3.48. The van der Waals surface area contributed by atoms with E-state index in [0.29, 0.717) is 0 Å². The number of fused-ring (bicyclic) bond motifs is 3. The molecule has 2 nitrogen and oxygen atoms in total. The van der Waals surface area contributed by atoms with E-state index in [4.69, 9.17) is 0 Å². The van der Waals surface area contributed by atoms with Gasteiger partial charge in [-0.25, -0.2) is 4.98 Å². The number of aromatic amines is 1. The first-order chi connectivity index (χ1) is 7.65. The lowest BCUT2D eigenvalue weighted by atomic mass is 10.2. The third-order valence-electron chi connectivity index (χ3n) is 2.44. The van der Waals surface area contributed by atoms with Gasteiger partial charge in [-0.2, -0.15) is 0 Å². The molecule has 80 valence electrons. The predicted octanol–water partition coefficient (Wildman–Crippen LogP) is 5.00. The summed E-state index contributed by atoms with van der Waals surface area (Å²) in [7, 11) is 0. The molecule has 0 aliphatic rings. The fraction of sp³-hybridized carbons (Fsp3) is 0. The maximum absolute atomic E-state index is 4.35. The van der Waals surface area contributed by atoms with E-state index in [1.807, 2.05) is 6.07 Å². The molecular weight excluding hydrogens is 400 g/mol. The maximum Gasteiger partial charge on any atom is 0.138 e. The van der Waals surface area contributed by atoms with Crippen LogP contribution >= 0.6 is 47.8 Å². The second kappa shape index (κ2) is 3.82. The molecule has 2 aromatic heterocycles. The minimum Gasteiger partial charge on any atom is -0.338 e. The van der Waals surface area contributed by atoms with Crippen molar-refractivity contribution in [1.29, 1.82) is 0 Å². The van der Waals surface area contributed by atoms with E-state index < -0.39 is 0 Å². The molecule has 0 unspecified atom stereocenters. The molecule has 0 saturated heterocycles. The monoisotopic (exact) mass is 402 g/mol. The van der Waals surface area contributed by atoms with E-state index >= 15 is 0 Å². The third-order valence-corrected chi connectivity index (χ3v) is 3.96. The van der Waals surface area contributed by atoms with Crippen LogP contribution in [0, 0.1) is 0 Å². The molecule has 2 heterocycles. The molecule has 1 N–H and O–H groups in total. The van der Waals surface area contributed by atoms with Crippen molar-refractivity contribution < 1.29 is 0 Å². The van der Waals surface area contributed by atoms with E-state index in [-0.39, 0.29) is 0 Å². The van der Waals surface area contributed by atoms with Gasteiger partial charge in [-0.05, 0) is 50.1 Å². The summed E-state index contributed by atoms with van der Waals surface area (Å²) in [6.45, 7) is 0. The van der Waals surface area contributed by atoms with Crippen molar-refractivity contribution in [2.75, 3.05) is 0 Å². The summed E-state index contributed by atoms with van der Waals surface area (Å²) in [5.74, 6) is 0. The molecule has 0 bridgehead atoms.